The summed E-state index contributed by atoms with van der Waals surface area (Å²) in [6.45, 7) is 4.48. The van der Waals surface area contributed by atoms with Crippen LogP contribution >= 0.6 is 11.6 Å². The molecule has 2 rings (SSSR count). The Morgan fingerprint density at radius 3 is 2.87 bits per heavy atom. The zero-order valence-electron chi connectivity index (χ0n) is 12.9. The van der Waals surface area contributed by atoms with E-state index in [1.165, 1.54) is 0 Å². The number of ether oxygens (including phenoxy) is 2. The molecule has 0 aromatic carbocycles. The average Bonchev–Trinajstić information content (AvgIpc) is 3.02. The van der Waals surface area contributed by atoms with Crippen LogP contribution in [0.25, 0.3) is 0 Å². The first-order valence-electron chi connectivity index (χ1n) is 7.13. The minimum absolute atomic E-state index is 0.0635. The minimum Gasteiger partial charge on any atom is -0.463 e. The van der Waals surface area contributed by atoms with Crippen molar-refractivity contribution in [3.63, 3.8) is 0 Å². The normalized spacial score (nSPS) is 17.7. The van der Waals surface area contributed by atoms with Gasteiger partial charge in [0.05, 0.1) is 30.2 Å². The summed E-state index contributed by atoms with van der Waals surface area (Å²) in [5.41, 5.74) is 6.79. The zero-order chi connectivity index (χ0) is 17.0. The molecule has 0 aliphatic carbocycles. The van der Waals surface area contributed by atoms with E-state index < -0.39 is 11.9 Å². The molecule has 7 nitrogen and oxygen atoms in total. The lowest BCUT2D eigenvalue weighted by Gasteiger charge is -2.26. The Morgan fingerprint density at radius 2 is 2.35 bits per heavy atom. The summed E-state index contributed by atoms with van der Waals surface area (Å²) in [7, 11) is 0. The van der Waals surface area contributed by atoms with E-state index in [2.05, 4.69) is 5.10 Å². The van der Waals surface area contributed by atoms with Gasteiger partial charge < -0.3 is 15.2 Å². The maximum atomic E-state index is 12.4. The molecule has 2 N–H and O–H groups in total. The molecule has 0 saturated carbocycles. The van der Waals surface area contributed by atoms with Crippen molar-refractivity contribution < 1.29 is 14.3 Å². The van der Waals surface area contributed by atoms with Crippen LogP contribution in [0.2, 0.25) is 0 Å². The number of hydrogen-bond acceptors (Lipinski definition) is 6. The molecule has 122 valence electrons. The third-order valence-corrected chi connectivity index (χ3v) is 3.67. The number of nitriles is 1. The molecule has 0 bridgehead atoms. The van der Waals surface area contributed by atoms with Gasteiger partial charge >= 0.3 is 5.97 Å². The molecule has 2 heterocycles. The molecule has 23 heavy (non-hydrogen) atoms. The van der Waals surface area contributed by atoms with Gasteiger partial charge in [-0.15, -0.1) is 11.6 Å². The number of nitrogens with two attached hydrogens (primary N) is 1. The fraction of sp³-hybridized carbons (Fsp3) is 0.400. The van der Waals surface area contributed by atoms with E-state index in [1.54, 1.807) is 24.0 Å². The molecule has 0 saturated heterocycles. The first kappa shape index (κ1) is 16.9. The van der Waals surface area contributed by atoms with Crippen LogP contribution in [0.3, 0.4) is 0 Å². The van der Waals surface area contributed by atoms with Gasteiger partial charge in [-0.25, -0.2) is 4.79 Å². The summed E-state index contributed by atoms with van der Waals surface area (Å²) in [6.07, 6.45) is 3.35. The molecular weight excluding hydrogens is 320 g/mol. The maximum Gasteiger partial charge on any atom is 0.338 e. The Labute approximate surface area is 138 Å². The Kier molecular flexibility index (Phi) is 5.29. The van der Waals surface area contributed by atoms with E-state index in [0.29, 0.717) is 12.1 Å². The molecule has 8 heteroatoms. The fourth-order valence-corrected chi connectivity index (χ4v) is 2.58. The molecule has 1 unspecified atom stereocenters. The molecule has 0 radical (unpaired) electrons. The summed E-state index contributed by atoms with van der Waals surface area (Å²) >= 11 is 5.89. The zero-order valence-corrected chi connectivity index (χ0v) is 13.6. The Bertz CT molecular complexity index is 715. The van der Waals surface area contributed by atoms with Crippen molar-refractivity contribution >= 4 is 17.6 Å². The van der Waals surface area contributed by atoms with E-state index in [0.717, 1.165) is 0 Å². The van der Waals surface area contributed by atoms with Gasteiger partial charge in [-0.1, -0.05) is 0 Å². The predicted molar refractivity (Wildman–Crippen MR) is 82.9 cm³/mol. The van der Waals surface area contributed by atoms with Gasteiger partial charge in [0.25, 0.3) is 0 Å². The lowest BCUT2D eigenvalue weighted by Crippen LogP contribution is -2.26. The van der Waals surface area contributed by atoms with Gasteiger partial charge in [0, 0.05) is 18.3 Å². The second-order valence-corrected chi connectivity index (χ2v) is 5.01. The van der Waals surface area contributed by atoms with Gasteiger partial charge in [-0.3, -0.25) is 4.68 Å². The van der Waals surface area contributed by atoms with Gasteiger partial charge in [0.15, 0.2) is 0 Å². The van der Waals surface area contributed by atoms with Crippen molar-refractivity contribution in [2.45, 2.75) is 26.3 Å². The number of nitrogens with zero attached hydrogens (tertiary/aromatic N) is 3. The van der Waals surface area contributed by atoms with Crippen LogP contribution in [0.1, 0.15) is 25.3 Å². The molecule has 1 aliphatic heterocycles. The molecule has 0 amide bonds. The quantitative estimate of drug-likeness (QED) is 0.649. The molecule has 1 aromatic rings. The van der Waals surface area contributed by atoms with Crippen LogP contribution < -0.4 is 5.73 Å². The average molecular weight is 337 g/mol. The lowest BCUT2D eigenvalue weighted by atomic mass is 9.84. The summed E-state index contributed by atoms with van der Waals surface area (Å²) in [5.74, 6) is -1.23. The maximum absolute atomic E-state index is 12.4. The smallest absolute Gasteiger partial charge is 0.338 e. The Balaban J connectivity index is 2.60. The summed E-state index contributed by atoms with van der Waals surface area (Å²) in [5, 5.41) is 13.6. The number of rotatable bonds is 5. The summed E-state index contributed by atoms with van der Waals surface area (Å²) in [6, 6.07) is 2.01. The van der Waals surface area contributed by atoms with Gasteiger partial charge in [0.2, 0.25) is 5.88 Å². The van der Waals surface area contributed by atoms with E-state index in [9.17, 15) is 10.1 Å². The number of halogens is 1. The van der Waals surface area contributed by atoms with Crippen molar-refractivity contribution in [2.75, 3.05) is 12.5 Å². The van der Waals surface area contributed by atoms with Crippen molar-refractivity contribution in [1.29, 1.82) is 5.26 Å². The first-order valence-corrected chi connectivity index (χ1v) is 7.66. The van der Waals surface area contributed by atoms with Crippen molar-refractivity contribution in [1.82, 2.24) is 9.78 Å². The van der Waals surface area contributed by atoms with Gasteiger partial charge in [-0.2, -0.15) is 10.4 Å². The number of esters is 1. The van der Waals surface area contributed by atoms with Crippen LogP contribution in [-0.2, 0) is 20.8 Å². The highest BCUT2D eigenvalue weighted by Gasteiger charge is 2.38. The predicted octanol–water partition coefficient (Wildman–Crippen LogP) is 1.77. The van der Waals surface area contributed by atoms with Crippen LogP contribution in [-0.4, -0.2) is 28.2 Å². The standard InChI is InChI=1S/C15H17ClN4O3/c1-3-20-8-9(7-19-20)12-10(6-17)14(18)23-11(5-16)13(12)15(21)22-4-2/h7-8,12H,3-5,18H2,1-2H3. The highest BCUT2D eigenvalue weighted by atomic mass is 35.5. The summed E-state index contributed by atoms with van der Waals surface area (Å²) in [4.78, 5) is 12.4. The molecule has 1 aromatic heterocycles. The van der Waals surface area contributed by atoms with Gasteiger partial charge in [0.1, 0.15) is 17.4 Å². The molecule has 1 atom stereocenters. The molecule has 1 aliphatic rings. The SMILES string of the molecule is CCOC(=O)C1=C(CCl)OC(N)=C(C#N)C1c1cnn(CC)c1. The van der Waals surface area contributed by atoms with E-state index in [-0.39, 0.29) is 35.3 Å². The number of allylic oxidation sites excluding steroid dienone is 2. The van der Waals surface area contributed by atoms with Crippen LogP contribution in [0.4, 0.5) is 0 Å². The van der Waals surface area contributed by atoms with Crippen molar-refractivity contribution in [3.8, 4) is 6.07 Å². The van der Waals surface area contributed by atoms with Crippen molar-refractivity contribution in [3.05, 3.63) is 40.7 Å². The number of carbonyl (C=O) groups excluding carboxylic acids is 1. The van der Waals surface area contributed by atoms with Crippen LogP contribution in [0, 0.1) is 11.3 Å². The lowest BCUT2D eigenvalue weighted by molar-refractivity contribution is -0.139. The largest absolute Gasteiger partial charge is 0.463 e. The number of aromatic nitrogens is 2. The third-order valence-electron chi connectivity index (χ3n) is 3.42. The Hall–Kier alpha value is -2.46. The minimum atomic E-state index is -0.707. The molecule has 0 spiro atoms. The highest BCUT2D eigenvalue weighted by molar-refractivity contribution is 6.19. The number of aryl methyl sites for hydroxylation is 1. The van der Waals surface area contributed by atoms with E-state index in [4.69, 9.17) is 26.8 Å². The van der Waals surface area contributed by atoms with Crippen molar-refractivity contribution in [2.24, 2.45) is 5.73 Å². The van der Waals surface area contributed by atoms with E-state index in [1.807, 2.05) is 13.0 Å². The second-order valence-electron chi connectivity index (χ2n) is 4.75. The second kappa shape index (κ2) is 7.20. The molecular formula is C15H17ClN4O3. The summed E-state index contributed by atoms with van der Waals surface area (Å²) < 4.78 is 12.1. The Morgan fingerprint density at radius 1 is 1.61 bits per heavy atom. The topological polar surface area (TPSA) is 103 Å². The monoisotopic (exact) mass is 336 g/mol. The fourth-order valence-electron chi connectivity index (χ4n) is 2.38. The van der Waals surface area contributed by atoms with Crippen LogP contribution in [0.5, 0.6) is 0 Å². The molecule has 0 fully saturated rings. The highest BCUT2D eigenvalue weighted by Crippen LogP contribution is 2.39. The number of hydrogen-bond donors (Lipinski definition) is 1. The first-order chi connectivity index (χ1) is 11.1. The van der Waals surface area contributed by atoms with E-state index >= 15 is 0 Å². The van der Waals surface area contributed by atoms with Crippen LogP contribution in [0.15, 0.2) is 35.2 Å². The number of carbonyl (C=O) groups is 1. The third kappa shape index (κ3) is 3.17. The number of alkyl halides is 1. The van der Waals surface area contributed by atoms with Gasteiger partial charge in [-0.05, 0) is 13.8 Å².